The van der Waals surface area contributed by atoms with Crippen molar-refractivity contribution in [2.45, 2.75) is 19.9 Å². The lowest BCUT2D eigenvalue weighted by molar-refractivity contribution is -0.119. The topological polar surface area (TPSA) is 87.6 Å². The van der Waals surface area contributed by atoms with Gasteiger partial charge < -0.3 is 20.9 Å². The lowest BCUT2D eigenvalue weighted by atomic mass is 10.1. The SMILES string of the molecule is CC.COc1cccc(C(N)C(N)=O)c1OC. The molecule has 0 saturated carbocycles. The Morgan fingerprint density at radius 2 is 1.82 bits per heavy atom. The van der Waals surface area contributed by atoms with Crippen molar-refractivity contribution in [3.8, 4) is 11.5 Å². The van der Waals surface area contributed by atoms with E-state index in [9.17, 15) is 4.79 Å². The maximum Gasteiger partial charge on any atom is 0.239 e. The third-order valence-corrected chi connectivity index (χ3v) is 2.07. The Hall–Kier alpha value is -1.75. The first-order valence-corrected chi connectivity index (χ1v) is 5.37. The molecule has 0 fully saturated rings. The van der Waals surface area contributed by atoms with Crippen molar-refractivity contribution in [3.05, 3.63) is 23.8 Å². The average Bonchev–Trinajstić information content (AvgIpc) is 2.38. The van der Waals surface area contributed by atoms with Crippen LogP contribution in [0.15, 0.2) is 18.2 Å². The van der Waals surface area contributed by atoms with E-state index in [4.69, 9.17) is 20.9 Å². The zero-order chi connectivity index (χ0) is 13.4. The summed E-state index contributed by atoms with van der Waals surface area (Å²) in [7, 11) is 2.99. The molecule has 5 heteroatoms. The van der Waals surface area contributed by atoms with Crippen LogP contribution in [0.2, 0.25) is 0 Å². The molecule has 0 spiro atoms. The third-order valence-electron chi connectivity index (χ3n) is 2.07. The minimum absolute atomic E-state index is 0.436. The minimum Gasteiger partial charge on any atom is -0.493 e. The highest BCUT2D eigenvalue weighted by atomic mass is 16.5. The predicted octanol–water partition coefficient (Wildman–Crippen LogP) is 1.22. The molecule has 0 aliphatic rings. The first kappa shape index (κ1) is 15.2. The smallest absolute Gasteiger partial charge is 0.239 e. The van der Waals surface area contributed by atoms with Crippen molar-refractivity contribution in [1.29, 1.82) is 0 Å². The highest BCUT2D eigenvalue weighted by molar-refractivity contribution is 5.82. The number of benzene rings is 1. The summed E-state index contributed by atoms with van der Waals surface area (Å²) in [6.07, 6.45) is 0. The van der Waals surface area contributed by atoms with E-state index in [1.807, 2.05) is 13.8 Å². The summed E-state index contributed by atoms with van der Waals surface area (Å²) in [6.45, 7) is 4.00. The maximum atomic E-state index is 11.0. The Balaban J connectivity index is 0.00000121. The van der Waals surface area contributed by atoms with E-state index in [1.54, 1.807) is 18.2 Å². The van der Waals surface area contributed by atoms with Crippen LogP contribution in [0.1, 0.15) is 25.5 Å². The van der Waals surface area contributed by atoms with Gasteiger partial charge in [-0.05, 0) is 6.07 Å². The normalized spacial score (nSPS) is 10.9. The van der Waals surface area contributed by atoms with Crippen LogP contribution >= 0.6 is 0 Å². The number of amides is 1. The fourth-order valence-electron chi connectivity index (χ4n) is 1.31. The van der Waals surface area contributed by atoms with Crippen LogP contribution in [0.25, 0.3) is 0 Å². The number of rotatable bonds is 4. The number of methoxy groups -OCH3 is 2. The molecule has 4 N–H and O–H groups in total. The summed E-state index contributed by atoms with van der Waals surface area (Å²) in [4.78, 5) is 11.0. The van der Waals surface area contributed by atoms with Gasteiger partial charge in [0.2, 0.25) is 5.91 Å². The molecule has 1 aromatic carbocycles. The second-order valence-corrected chi connectivity index (χ2v) is 2.96. The van der Waals surface area contributed by atoms with Crippen LogP contribution in [-0.4, -0.2) is 20.1 Å². The minimum atomic E-state index is -0.893. The lowest BCUT2D eigenvalue weighted by Crippen LogP contribution is -2.28. The Labute approximate surface area is 102 Å². The summed E-state index contributed by atoms with van der Waals surface area (Å²) in [5.41, 5.74) is 11.3. The fourth-order valence-corrected chi connectivity index (χ4v) is 1.31. The zero-order valence-electron chi connectivity index (χ0n) is 10.7. The largest absolute Gasteiger partial charge is 0.493 e. The first-order chi connectivity index (χ1) is 8.11. The highest BCUT2D eigenvalue weighted by Crippen LogP contribution is 2.33. The van der Waals surface area contributed by atoms with Crippen LogP contribution in [0.3, 0.4) is 0 Å². The van der Waals surface area contributed by atoms with Gasteiger partial charge in [0.15, 0.2) is 11.5 Å². The summed E-state index contributed by atoms with van der Waals surface area (Å²) in [5.74, 6) is 0.347. The molecule has 1 amide bonds. The fraction of sp³-hybridized carbons (Fsp3) is 0.417. The summed E-state index contributed by atoms with van der Waals surface area (Å²) >= 11 is 0. The molecular formula is C12H20N2O3. The standard InChI is InChI=1S/C10H14N2O3.C2H6/c1-14-7-5-3-4-6(9(7)15-2)8(11)10(12)13;1-2/h3-5,8H,11H2,1-2H3,(H2,12,13);1-2H3. The van der Waals surface area contributed by atoms with Crippen LogP contribution in [0.4, 0.5) is 0 Å². The quantitative estimate of drug-likeness (QED) is 0.828. The van der Waals surface area contributed by atoms with Crippen LogP contribution in [0, 0.1) is 0 Å². The molecule has 17 heavy (non-hydrogen) atoms. The van der Waals surface area contributed by atoms with Crippen molar-refractivity contribution in [2.75, 3.05) is 14.2 Å². The summed E-state index contributed by atoms with van der Waals surface area (Å²) in [6, 6.07) is 4.22. The number of nitrogens with two attached hydrogens (primary N) is 2. The zero-order valence-corrected chi connectivity index (χ0v) is 10.7. The maximum absolute atomic E-state index is 11.0. The monoisotopic (exact) mass is 240 g/mol. The summed E-state index contributed by atoms with van der Waals surface area (Å²) in [5, 5.41) is 0. The van der Waals surface area contributed by atoms with E-state index in [2.05, 4.69) is 0 Å². The van der Waals surface area contributed by atoms with Crippen molar-refractivity contribution in [2.24, 2.45) is 11.5 Å². The molecule has 5 nitrogen and oxygen atoms in total. The molecule has 0 saturated heterocycles. The molecule has 0 radical (unpaired) electrons. The van der Waals surface area contributed by atoms with E-state index in [0.29, 0.717) is 17.1 Å². The molecule has 1 aromatic rings. The van der Waals surface area contributed by atoms with E-state index in [0.717, 1.165) is 0 Å². The van der Waals surface area contributed by atoms with Gasteiger partial charge in [-0.25, -0.2) is 0 Å². The van der Waals surface area contributed by atoms with Gasteiger partial charge in [0.05, 0.1) is 14.2 Å². The molecular weight excluding hydrogens is 220 g/mol. The number of carbonyl (C=O) groups excluding carboxylic acids is 1. The van der Waals surface area contributed by atoms with Gasteiger partial charge in [-0.2, -0.15) is 0 Å². The second-order valence-electron chi connectivity index (χ2n) is 2.96. The lowest BCUT2D eigenvalue weighted by Gasteiger charge is -2.15. The van der Waals surface area contributed by atoms with Crippen molar-refractivity contribution in [3.63, 3.8) is 0 Å². The van der Waals surface area contributed by atoms with Crippen LogP contribution < -0.4 is 20.9 Å². The Morgan fingerprint density at radius 1 is 1.24 bits per heavy atom. The molecule has 96 valence electrons. The van der Waals surface area contributed by atoms with Crippen LogP contribution in [-0.2, 0) is 4.79 Å². The Kier molecular flexibility index (Phi) is 6.74. The molecule has 0 heterocycles. The first-order valence-electron chi connectivity index (χ1n) is 5.37. The molecule has 0 bridgehead atoms. The van der Waals surface area contributed by atoms with Crippen molar-refractivity contribution >= 4 is 5.91 Å². The Bertz CT molecular complexity index is 367. The van der Waals surface area contributed by atoms with Gasteiger partial charge in [0.1, 0.15) is 6.04 Å². The van der Waals surface area contributed by atoms with E-state index >= 15 is 0 Å². The van der Waals surface area contributed by atoms with Gasteiger partial charge in [-0.15, -0.1) is 0 Å². The summed E-state index contributed by atoms with van der Waals surface area (Å²) < 4.78 is 10.2. The van der Waals surface area contributed by atoms with Crippen molar-refractivity contribution < 1.29 is 14.3 Å². The number of ether oxygens (including phenoxy) is 2. The van der Waals surface area contributed by atoms with E-state index in [-0.39, 0.29) is 0 Å². The molecule has 1 unspecified atom stereocenters. The Morgan fingerprint density at radius 3 is 2.24 bits per heavy atom. The number of hydrogen-bond acceptors (Lipinski definition) is 4. The number of para-hydroxylation sites is 1. The molecule has 0 aromatic heterocycles. The molecule has 0 aliphatic heterocycles. The molecule has 1 rings (SSSR count). The number of primary amides is 1. The molecule has 1 atom stereocenters. The second kappa shape index (κ2) is 7.51. The molecule has 0 aliphatic carbocycles. The van der Waals surface area contributed by atoms with Gasteiger partial charge >= 0.3 is 0 Å². The highest BCUT2D eigenvalue weighted by Gasteiger charge is 2.19. The van der Waals surface area contributed by atoms with Gasteiger partial charge in [0.25, 0.3) is 0 Å². The number of carbonyl (C=O) groups is 1. The average molecular weight is 240 g/mol. The van der Waals surface area contributed by atoms with Crippen molar-refractivity contribution in [1.82, 2.24) is 0 Å². The third kappa shape index (κ3) is 3.64. The van der Waals surface area contributed by atoms with Gasteiger partial charge in [0, 0.05) is 5.56 Å². The number of hydrogen-bond donors (Lipinski definition) is 2. The van der Waals surface area contributed by atoms with Gasteiger partial charge in [-0.1, -0.05) is 26.0 Å². The predicted molar refractivity (Wildman–Crippen MR) is 67.0 cm³/mol. The van der Waals surface area contributed by atoms with E-state index < -0.39 is 11.9 Å². The van der Waals surface area contributed by atoms with Crippen LogP contribution in [0.5, 0.6) is 11.5 Å². The van der Waals surface area contributed by atoms with E-state index in [1.165, 1.54) is 14.2 Å². The van der Waals surface area contributed by atoms with Gasteiger partial charge in [-0.3, -0.25) is 4.79 Å².